The van der Waals surface area contributed by atoms with E-state index < -0.39 is 115 Å². The zero-order valence-corrected chi connectivity index (χ0v) is 26.6. The van der Waals surface area contributed by atoms with E-state index in [9.17, 15) is 33.6 Å². The molecular weight excluding hydrogens is 664 g/mol. The largest absolute Gasteiger partial charge is 0.463 e. The molecular formula is C26H35BrO17. The highest BCUT2D eigenvalue weighted by molar-refractivity contribution is 9.09. The molecule has 0 saturated carbocycles. The monoisotopic (exact) mass is 698 g/mol. The maximum Gasteiger partial charge on any atom is 0.303 e. The van der Waals surface area contributed by atoms with Gasteiger partial charge in [-0.2, -0.15) is 0 Å². The van der Waals surface area contributed by atoms with Crippen molar-refractivity contribution >= 4 is 57.7 Å². The van der Waals surface area contributed by atoms with Crippen molar-refractivity contribution < 1.29 is 80.9 Å². The third-order valence-electron chi connectivity index (χ3n) is 5.87. The molecule has 248 valence electrons. The van der Waals surface area contributed by atoms with Gasteiger partial charge in [-0.3, -0.25) is 33.6 Å². The van der Waals surface area contributed by atoms with Crippen LogP contribution in [-0.4, -0.2) is 115 Å². The van der Waals surface area contributed by atoms with Crippen molar-refractivity contribution in [2.75, 3.05) is 13.2 Å². The van der Waals surface area contributed by atoms with Crippen molar-refractivity contribution in [2.45, 2.75) is 109 Å². The van der Waals surface area contributed by atoms with Crippen LogP contribution >= 0.6 is 15.9 Å². The van der Waals surface area contributed by atoms with Gasteiger partial charge in [-0.25, -0.2) is 0 Å². The molecule has 0 radical (unpaired) electrons. The summed E-state index contributed by atoms with van der Waals surface area (Å²) >= 11 is 3.23. The summed E-state index contributed by atoms with van der Waals surface area (Å²) < 4.78 is 55.2. The molecule has 2 aliphatic heterocycles. The Balaban J connectivity index is 2.66. The molecule has 10 atom stereocenters. The Morgan fingerprint density at radius 1 is 0.477 bits per heavy atom. The van der Waals surface area contributed by atoms with E-state index in [0.717, 1.165) is 48.5 Å². The van der Waals surface area contributed by atoms with E-state index in [-0.39, 0.29) is 0 Å². The minimum absolute atomic E-state index is 0.460. The lowest BCUT2D eigenvalue weighted by Crippen LogP contribution is -2.66. The topological polar surface area (TPSA) is 212 Å². The van der Waals surface area contributed by atoms with Gasteiger partial charge in [0.2, 0.25) is 0 Å². The molecule has 17 nitrogen and oxygen atoms in total. The first-order valence-electron chi connectivity index (χ1n) is 13.2. The summed E-state index contributed by atoms with van der Waals surface area (Å²) in [5.74, 6) is -5.63. The first-order chi connectivity index (χ1) is 20.5. The Labute approximate surface area is 260 Å². The lowest BCUT2D eigenvalue weighted by atomic mass is 9.96. The number of rotatable bonds is 11. The molecule has 18 heteroatoms. The van der Waals surface area contributed by atoms with Gasteiger partial charge in [0.15, 0.2) is 41.8 Å². The number of carbonyl (C=O) groups is 7. The summed E-state index contributed by atoms with van der Waals surface area (Å²) in [5.41, 5.74) is 0. The maximum absolute atomic E-state index is 12.2. The number of halogens is 1. The number of ether oxygens (including phenoxy) is 10. The standard InChI is InChI=1S/C26H35BrO17/c1-10(28)35-8-17-20(21(38-13(4)31)23(25(27)42-17)40-15(6)33)44-26-24(41-16(7)34)22(39-14(5)32)19(37-12(3)30)18(43-26)9-36-11(2)29/h17-26H,8-9H2,1-7H3/t17-,18-,19+,20+,21+,22+,23-,24+,25+,26+/m0/s1. The first kappa shape index (κ1) is 36.8. The van der Waals surface area contributed by atoms with E-state index in [1.54, 1.807) is 0 Å². The van der Waals surface area contributed by atoms with Crippen molar-refractivity contribution in [2.24, 2.45) is 0 Å². The fourth-order valence-electron chi connectivity index (χ4n) is 4.46. The molecule has 0 unspecified atom stereocenters. The molecule has 0 spiro atoms. The molecule has 0 aromatic rings. The van der Waals surface area contributed by atoms with Crippen LogP contribution in [0.1, 0.15) is 48.5 Å². The molecule has 2 rings (SSSR count). The Kier molecular flexibility index (Phi) is 13.9. The Hall–Kier alpha value is -3.35. The van der Waals surface area contributed by atoms with Crippen LogP contribution in [0, 0.1) is 0 Å². The third kappa shape index (κ3) is 11.0. The molecule has 44 heavy (non-hydrogen) atoms. The average Bonchev–Trinajstić information content (AvgIpc) is 2.87. The predicted molar refractivity (Wildman–Crippen MR) is 142 cm³/mol. The maximum atomic E-state index is 12.2. The summed E-state index contributed by atoms with van der Waals surface area (Å²) in [6.45, 7) is 6.57. The molecule has 0 aromatic heterocycles. The normalized spacial score (nSPS) is 31.5. The number of hydrogen-bond donors (Lipinski definition) is 0. The molecule has 2 heterocycles. The van der Waals surface area contributed by atoms with E-state index in [1.807, 2.05) is 0 Å². The summed E-state index contributed by atoms with van der Waals surface area (Å²) in [5, 5.41) is -1.09. The molecule has 2 fully saturated rings. The van der Waals surface area contributed by atoms with Crippen LogP contribution in [0.2, 0.25) is 0 Å². The lowest BCUT2D eigenvalue weighted by molar-refractivity contribution is -0.341. The lowest BCUT2D eigenvalue weighted by Gasteiger charge is -2.48. The van der Waals surface area contributed by atoms with Crippen LogP contribution in [0.15, 0.2) is 0 Å². The van der Waals surface area contributed by atoms with E-state index in [2.05, 4.69) is 15.9 Å². The van der Waals surface area contributed by atoms with Crippen LogP contribution in [0.3, 0.4) is 0 Å². The smallest absolute Gasteiger partial charge is 0.303 e. The fourth-order valence-corrected chi connectivity index (χ4v) is 5.15. The van der Waals surface area contributed by atoms with Crippen LogP contribution in [0.25, 0.3) is 0 Å². The van der Waals surface area contributed by atoms with E-state index >= 15 is 0 Å². The molecule has 0 aliphatic carbocycles. The van der Waals surface area contributed by atoms with E-state index in [0.29, 0.717) is 0 Å². The van der Waals surface area contributed by atoms with Gasteiger partial charge >= 0.3 is 41.8 Å². The molecule has 0 amide bonds. The minimum atomic E-state index is -1.73. The van der Waals surface area contributed by atoms with Crippen molar-refractivity contribution in [3.8, 4) is 0 Å². The van der Waals surface area contributed by atoms with Gasteiger partial charge in [0.1, 0.15) is 31.5 Å². The van der Waals surface area contributed by atoms with Gasteiger partial charge < -0.3 is 47.4 Å². The zero-order valence-electron chi connectivity index (χ0n) is 25.0. The van der Waals surface area contributed by atoms with Gasteiger partial charge in [0.25, 0.3) is 0 Å². The SMILES string of the molecule is CC(=O)OC[C@@H]1O[C@H](O[C@H]2[C@@H](OC(C)=O)[C@H](OC(C)=O)[C@H](Br)O[C@H]2COC(C)=O)[C@H](OC(C)=O)[C@H](OC(C)=O)[C@@H]1OC(C)=O. The highest BCUT2D eigenvalue weighted by Crippen LogP contribution is 2.36. The van der Waals surface area contributed by atoms with Crippen molar-refractivity contribution in [3.05, 3.63) is 0 Å². The second-order valence-corrected chi connectivity index (χ2v) is 10.5. The summed E-state index contributed by atoms with van der Waals surface area (Å²) in [4.78, 5) is 83.8. The van der Waals surface area contributed by atoms with Gasteiger partial charge in [0, 0.05) is 48.5 Å². The van der Waals surface area contributed by atoms with Gasteiger partial charge in [-0.1, -0.05) is 15.9 Å². The minimum Gasteiger partial charge on any atom is -0.463 e. The zero-order chi connectivity index (χ0) is 33.3. The fraction of sp³-hybridized carbons (Fsp3) is 0.731. The summed E-state index contributed by atoms with van der Waals surface area (Å²) in [6.07, 6.45) is -13.2. The molecule has 0 N–H and O–H groups in total. The third-order valence-corrected chi connectivity index (χ3v) is 6.61. The number of carbonyl (C=O) groups excluding carboxylic acids is 7. The summed E-state index contributed by atoms with van der Waals surface area (Å²) in [7, 11) is 0. The predicted octanol–water partition coefficient (Wildman–Crippen LogP) is 0.00100. The quantitative estimate of drug-likeness (QED) is 0.158. The van der Waals surface area contributed by atoms with Gasteiger partial charge in [-0.05, 0) is 0 Å². The number of esters is 7. The van der Waals surface area contributed by atoms with Crippen molar-refractivity contribution in [3.63, 3.8) is 0 Å². The van der Waals surface area contributed by atoms with Crippen LogP contribution in [0.5, 0.6) is 0 Å². The number of alkyl halides is 1. The van der Waals surface area contributed by atoms with Crippen molar-refractivity contribution in [1.29, 1.82) is 0 Å². The van der Waals surface area contributed by atoms with E-state index in [4.69, 9.17) is 47.4 Å². The van der Waals surface area contributed by atoms with Crippen molar-refractivity contribution in [1.82, 2.24) is 0 Å². The van der Waals surface area contributed by atoms with E-state index in [1.165, 1.54) is 0 Å². The number of hydrogen-bond acceptors (Lipinski definition) is 17. The van der Waals surface area contributed by atoms with Crippen LogP contribution in [-0.2, 0) is 80.9 Å². The van der Waals surface area contributed by atoms with Crippen LogP contribution in [0.4, 0.5) is 0 Å². The van der Waals surface area contributed by atoms with Gasteiger partial charge in [-0.15, -0.1) is 0 Å². The molecule has 0 aromatic carbocycles. The second kappa shape index (κ2) is 16.6. The Morgan fingerprint density at radius 3 is 1.27 bits per heavy atom. The Morgan fingerprint density at radius 2 is 0.841 bits per heavy atom. The van der Waals surface area contributed by atoms with Crippen LogP contribution < -0.4 is 0 Å². The molecule has 0 bridgehead atoms. The summed E-state index contributed by atoms with van der Waals surface area (Å²) in [6, 6.07) is 0. The highest BCUT2D eigenvalue weighted by Gasteiger charge is 2.57. The Bertz CT molecular complexity index is 1090. The second-order valence-electron chi connectivity index (χ2n) is 9.64. The highest BCUT2D eigenvalue weighted by atomic mass is 79.9. The molecule has 2 aliphatic rings. The first-order valence-corrected chi connectivity index (χ1v) is 14.1. The van der Waals surface area contributed by atoms with Gasteiger partial charge in [0.05, 0.1) is 0 Å². The molecule has 2 saturated heterocycles. The average molecular weight is 699 g/mol.